The van der Waals surface area contributed by atoms with E-state index >= 15 is 0 Å². The van der Waals surface area contributed by atoms with E-state index in [2.05, 4.69) is 9.61 Å². The highest BCUT2D eigenvalue weighted by Gasteiger charge is 2.50. The second-order valence-corrected chi connectivity index (χ2v) is 8.41. The van der Waals surface area contributed by atoms with Crippen molar-refractivity contribution in [2.75, 3.05) is 40.4 Å². The van der Waals surface area contributed by atoms with E-state index in [1.54, 1.807) is 58.2 Å². The topological polar surface area (TPSA) is 94.7 Å². The van der Waals surface area contributed by atoms with Gasteiger partial charge < -0.3 is 24.1 Å². The minimum absolute atomic E-state index is 0.0274. The summed E-state index contributed by atoms with van der Waals surface area (Å²) in [6.07, 6.45) is 1.70. The first kappa shape index (κ1) is 25.1. The van der Waals surface area contributed by atoms with Gasteiger partial charge in [-0.25, -0.2) is 14.8 Å². The number of amides is 4. The highest BCUT2D eigenvalue weighted by molar-refractivity contribution is 6.09. The molecule has 0 aromatic heterocycles. The normalized spacial score (nSPS) is 21.3. The van der Waals surface area contributed by atoms with Crippen molar-refractivity contribution in [3.05, 3.63) is 29.8 Å². The van der Waals surface area contributed by atoms with Gasteiger partial charge in [-0.3, -0.25) is 9.59 Å². The molecule has 0 spiro atoms. The SMILES string of the molecule is CCCC[C@H]1C(=O)N(CCOC)C[C@H]2N1C(=O)CN(C)N2C(=O)NCc1ccc(OCl)cc1. The lowest BCUT2D eigenvalue weighted by Gasteiger charge is -2.54. The molecule has 11 heteroatoms. The van der Waals surface area contributed by atoms with Crippen LogP contribution in [-0.4, -0.2) is 90.3 Å². The molecule has 0 bridgehead atoms. The molecule has 1 aromatic rings. The van der Waals surface area contributed by atoms with E-state index in [0.717, 1.165) is 18.4 Å². The van der Waals surface area contributed by atoms with Crippen LogP contribution in [-0.2, 0) is 20.9 Å². The molecule has 182 valence electrons. The molecule has 33 heavy (non-hydrogen) atoms. The Labute approximate surface area is 199 Å². The quantitative estimate of drug-likeness (QED) is 0.578. The number of benzene rings is 1. The standard InChI is InChI=1S/C22H32ClN5O5/c1-4-5-6-18-21(30)26(11-12-32-3)14-19-27(18)20(29)15-25(2)28(19)22(31)24-13-16-7-9-17(33-23)10-8-16/h7-10,18-19H,4-6,11-15H2,1-3H3,(H,24,31)/t18-,19-/m0/s1. The average Bonchev–Trinajstić information content (AvgIpc) is 2.81. The summed E-state index contributed by atoms with van der Waals surface area (Å²) < 4.78 is 9.82. The first-order valence-electron chi connectivity index (χ1n) is 11.2. The Hall–Kier alpha value is -2.56. The number of hydrazine groups is 1. The maximum Gasteiger partial charge on any atom is 0.334 e. The van der Waals surface area contributed by atoms with Crippen LogP contribution in [0.25, 0.3) is 0 Å². The number of piperazine rings is 1. The van der Waals surface area contributed by atoms with Crippen LogP contribution in [0.3, 0.4) is 0 Å². The number of carbonyl (C=O) groups excluding carboxylic acids is 3. The zero-order valence-electron chi connectivity index (χ0n) is 19.3. The summed E-state index contributed by atoms with van der Waals surface area (Å²) in [6, 6.07) is 6.11. The number of carbonyl (C=O) groups is 3. The fourth-order valence-electron chi connectivity index (χ4n) is 4.30. The van der Waals surface area contributed by atoms with Gasteiger partial charge >= 0.3 is 6.03 Å². The van der Waals surface area contributed by atoms with Crippen molar-refractivity contribution in [1.82, 2.24) is 25.1 Å². The monoisotopic (exact) mass is 481 g/mol. The van der Waals surface area contributed by atoms with Gasteiger partial charge in [0.2, 0.25) is 11.8 Å². The minimum atomic E-state index is -0.584. The number of fused-ring (bicyclic) bond motifs is 1. The van der Waals surface area contributed by atoms with Gasteiger partial charge in [0.1, 0.15) is 29.8 Å². The molecule has 0 saturated carbocycles. The molecule has 0 radical (unpaired) electrons. The molecule has 4 amide bonds. The van der Waals surface area contributed by atoms with Crippen LogP contribution < -0.4 is 9.61 Å². The first-order chi connectivity index (χ1) is 15.9. The van der Waals surface area contributed by atoms with E-state index in [0.29, 0.717) is 25.3 Å². The van der Waals surface area contributed by atoms with E-state index in [-0.39, 0.29) is 37.5 Å². The number of urea groups is 1. The van der Waals surface area contributed by atoms with E-state index < -0.39 is 12.2 Å². The van der Waals surface area contributed by atoms with E-state index in [1.165, 1.54) is 0 Å². The van der Waals surface area contributed by atoms with Crippen molar-refractivity contribution in [3.63, 3.8) is 0 Å². The predicted molar refractivity (Wildman–Crippen MR) is 122 cm³/mol. The zero-order valence-corrected chi connectivity index (χ0v) is 20.1. The summed E-state index contributed by atoms with van der Waals surface area (Å²) in [6.45, 7) is 3.39. The Bertz CT molecular complexity index is 839. The summed E-state index contributed by atoms with van der Waals surface area (Å²) in [5.41, 5.74) is 0.870. The van der Waals surface area contributed by atoms with Gasteiger partial charge in [0.05, 0.1) is 19.7 Å². The van der Waals surface area contributed by atoms with Gasteiger partial charge in [-0.05, 0) is 24.1 Å². The Morgan fingerprint density at radius 1 is 1.24 bits per heavy atom. The highest BCUT2D eigenvalue weighted by atomic mass is 35.5. The lowest BCUT2D eigenvalue weighted by Crippen LogP contribution is -2.76. The van der Waals surface area contributed by atoms with Gasteiger partial charge in [0, 0.05) is 27.2 Å². The molecular formula is C22H32ClN5O5. The number of hydrogen-bond donors (Lipinski definition) is 1. The molecule has 1 aromatic carbocycles. The smallest absolute Gasteiger partial charge is 0.334 e. The molecule has 0 aliphatic carbocycles. The Morgan fingerprint density at radius 3 is 2.61 bits per heavy atom. The summed E-state index contributed by atoms with van der Waals surface area (Å²) >= 11 is 5.35. The van der Waals surface area contributed by atoms with Crippen LogP contribution in [0.2, 0.25) is 0 Å². The number of ether oxygens (including phenoxy) is 1. The molecule has 2 heterocycles. The molecule has 2 aliphatic heterocycles. The number of likely N-dealkylation sites (N-methyl/N-ethyl adjacent to an activating group) is 1. The van der Waals surface area contributed by atoms with Crippen LogP contribution in [0, 0.1) is 0 Å². The third-order valence-corrected chi connectivity index (χ3v) is 6.18. The molecule has 3 rings (SSSR count). The summed E-state index contributed by atoms with van der Waals surface area (Å²) in [7, 11) is 3.29. The van der Waals surface area contributed by atoms with Crippen molar-refractivity contribution in [1.29, 1.82) is 0 Å². The van der Waals surface area contributed by atoms with E-state index in [1.807, 2.05) is 6.92 Å². The molecule has 1 N–H and O–H groups in total. The van der Waals surface area contributed by atoms with Crippen molar-refractivity contribution in [2.24, 2.45) is 0 Å². The maximum atomic E-state index is 13.3. The maximum absolute atomic E-state index is 13.3. The predicted octanol–water partition coefficient (Wildman–Crippen LogP) is 1.79. The number of rotatable bonds is 9. The number of nitrogens with zero attached hydrogens (tertiary/aromatic N) is 4. The third kappa shape index (κ3) is 5.69. The minimum Gasteiger partial charge on any atom is -0.386 e. The van der Waals surface area contributed by atoms with E-state index in [9.17, 15) is 14.4 Å². The number of methoxy groups -OCH3 is 1. The lowest BCUT2D eigenvalue weighted by molar-refractivity contribution is -0.187. The van der Waals surface area contributed by atoms with Crippen LogP contribution in [0.4, 0.5) is 4.79 Å². The first-order valence-corrected chi connectivity index (χ1v) is 11.5. The summed E-state index contributed by atoms with van der Waals surface area (Å²) in [5.74, 6) is 0.276. The van der Waals surface area contributed by atoms with Gasteiger partial charge in [0.15, 0.2) is 0 Å². The lowest BCUT2D eigenvalue weighted by atomic mass is 10.0. The summed E-state index contributed by atoms with van der Waals surface area (Å²) in [5, 5.41) is 6.08. The van der Waals surface area contributed by atoms with Crippen LogP contribution in [0.15, 0.2) is 24.3 Å². The van der Waals surface area contributed by atoms with Crippen molar-refractivity contribution in [3.8, 4) is 5.75 Å². The fourth-order valence-corrected chi connectivity index (χ4v) is 4.40. The molecule has 2 fully saturated rings. The zero-order chi connectivity index (χ0) is 24.0. The number of halogens is 1. The van der Waals surface area contributed by atoms with Crippen LogP contribution in [0.5, 0.6) is 5.75 Å². The van der Waals surface area contributed by atoms with Crippen LogP contribution in [0.1, 0.15) is 31.7 Å². The molecule has 2 saturated heterocycles. The number of nitrogens with one attached hydrogen (secondary N) is 1. The number of unbranched alkanes of at least 4 members (excludes halogenated alkanes) is 1. The van der Waals surface area contributed by atoms with Crippen molar-refractivity contribution in [2.45, 2.75) is 44.9 Å². The number of hydrogen-bond acceptors (Lipinski definition) is 6. The molecule has 10 nitrogen and oxygen atoms in total. The fraction of sp³-hybridized carbons (Fsp3) is 0.591. The van der Waals surface area contributed by atoms with Gasteiger partial charge in [-0.2, -0.15) is 0 Å². The highest BCUT2D eigenvalue weighted by Crippen LogP contribution is 2.28. The average molecular weight is 482 g/mol. The second kappa shape index (κ2) is 11.5. The largest absolute Gasteiger partial charge is 0.386 e. The molecule has 2 atom stereocenters. The summed E-state index contributed by atoms with van der Waals surface area (Å²) in [4.78, 5) is 42.7. The van der Waals surface area contributed by atoms with Gasteiger partial charge in [-0.15, -0.1) is 0 Å². The Balaban J connectivity index is 1.80. The van der Waals surface area contributed by atoms with E-state index in [4.69, 9.17) is 16.6 Å². The van der Waals surface area contributed by atoms with Crippen LogP contribution >= 0.6 is 11.9 Å². The Kier molecular flexibility index (Phi) is 8.76. The van der Waals surface area contributed by atoms with Crippen molar-refractivity contribution >= 4 is 29.7 Å². The molecule has 0 unspecified atom stereocenters. The third-order valence-electron chi connectivity index (χ3n) is 6.00. The van der Waals surface area contributed by atoms with Gasteiger partial charge in [-0.1, -0.05) is 31.9 Å². The molecular weight excluding hydrogens is 450 g/mol. The Morgan fingerprint density at radius 2 is 1.97 bits per heavy atom. The second-order valence-electron chi connectivity index (χ2n) is 8.26. The molecule has 2 aliphatic rings. The van der Waals surface area contributed by atoms with Crippen molar-refractivity contribution < 1.29 is 23.4 Å². The van der Waals surface area contributed by atoms with Gasteiger partial charge in [0.25, 0.3) is 0 Å².